The summed E-state index contributed by atoms with van der Waals surface area (Å²) in [7, 11) is 2.99. The molecule has 2 aromatic rings. The smallest absolute Gasteiger partial charge is 0.273 e. The van der Waals surface area contributed by atoms with Gasteiger partial charge < -0.3 is 4.42 Å². The van der Waals surface area contributed by atoms with Crippen molar-refractivity contribution in [3.05, 3.63) is 57.3 Å². The van der Waals surface area contributed by atoms with Crippen molar-refractivity contribution in [2.24, 2.45) is 0 Å². The van der Waals surface area contributed by atoms with Gasteiger partial charge in [0, 0.05) is 36.9 Å². The number of thiocarbonyl (C=S) groups is 1. The number of carbonyl (C=O) groups excluding carboxylic acids is 2. The first-order chi connectivity index (χ1) is 12.7. The van der Waals surface area contributed by atoms with Gasteiger partial charge in [0.25, 0.3) is 17.5 Å². The lowest BCUT2D eigenvalue weighted by Crippen LogP contribution is -2.52. The Hall–Kier alpha value is -3.33. The molecular formula is C18H15N3O5S. The molecule has 0 radical (unpaired) electrons. The Bertz CT molecular complexity index is 998. The van der Waals surface area contributed by atoms with Gasteiger partial charge in [0.05, 0.1) is 11.2 Å². The van der Waals surface area contributed by atoms with Crippen LogP contribution >= 0.6 is 12.2 Å². The first-order valence-corrected chi connectivity index (χ1v) is 8.27. The number of amides is 2. The molecule has 1 aromatic heterocycles. The minimum atomic E-state index is -0.503. The lowest BCUT2D eigenvalue weighted by molar-refractivity contribution is -0.385. The summed E-state index contributed by atoms with van der Waals surface area (Å²) in [6.45, 7) is 1.65. The van der Waals surface area contributed by atoms with Gasteiger partial charge in [-0.1, -0.05) is 12.1 Å². The van der Waals surface area contributed by atoms with Crippen molar-refractivity contribution in [1.29, 1.82) is 0 Å². The van der Waals surface area contributed by atoms with Crippen molar-refractivity contribution in [3.8, 4) is 11.3 Å². The van der Waals surface area contributed by atoms with Crippen molar-refractivity contribution >= 4 is 40.9 Å². The fourth-order valence-electron chi connectivity index (χ4n) is 2.68. The van der Waals surface area contributed by atoms with E-state index in [1.54, 1.807) is 25.1 Å². The third-order valence-electron chi connectivity index (χ3n) is 4.27. The third kappa shape index (κ3) is 3.24. The van der Waals surface area contributed by atoms with Gasteiger partial charge >= 0.3 is 0 Å². The molecule has 2 heterocycles. The van der Waals surface area contributed by atoms with Gasteiger partial charge in [-0.15, -0.1) is 0 Å². The number of hydrogen-bond acceptors (Lipinski definition) is 6. The maximum atomic E-state index is 12.3. The van der Waals surface area contributed by atoms with Gasteiger partial charge in [0.2, 0.25) is 0 Å². The average molecular weight is 385 g/mol. The average Bonchev–Trinajstić information content (AvgIpc) is 3.11. The predicted octanol–water partition coefficient (Wildman–Crippen LogP) is 2.76. The van der Waals surface area contributed by atoms with E-state index in [4.69, 9.17) is 16.6 Å². The summed E-state index contributed by atoms with van der Waals surface area (Å²) in [4.78, 5) is 37.8. The molecule has 1 saturated heterocycles. The number of aryl methyl sites for hydroxylation is 1. The molecule has 0 bridgehead atoms. The third-order valence-corrected chi connectivity index (χ3v) is 4.81. The van der Waals surface area contributed by atoms with Crippen molar-refractivity contribution < 1.29 is 18.9 Å². The maximum absolute atomic E-state index is 12.3. The maximum Gasteiger partial charge on any atom is 0.273 e. The Morgan fingerprint density at radius 1 is 1.15 bits per heavy atom. The van der Waals surface area contributed by atoms with Crippen LogP contribution < -0.4 is 0 Å². The van der Waals surface area contributed by atoms with Crippen LogP contribution in [-0.4, -0.2) is 45.7 Å². The van der Waals surface area contributed by atoms with E-state index >= 15 is 0 Å². The molecule has 138 valence electrons. The molecule has 0 N–H and O–H groups in total. The number of carbonyl (C=O) groups is 2. The van der Waals surface area contributed by atoms with Crippen LogP contribution in [0.2, 0.25) is 0 Å². The second-order valence-corrected chi connectivity index (χ2v) is 6.44. The van der Waals surface area contributed by atoms with Gasteiger partial charge in [-0.2, -0.15) is 0 Å². The van der Waals surface area contributed by atoms with Crippen LogP contribution in [0.5, 0.6) is 0 Å². The SMILES string of the molecule is Cc1ccc(-c2cc(C=C3C(=O)N(C)C(=S)N(C)C3=O)co2)cc1[N+](=O)[O-]. The van der Waals surface area contributed by atoms with Crippen LogP contribution in [0.25, 0.3) is 17.4 Å². The Morgan fingerprint density at radius 2 is 1.78 bits per heavy atom. The molecule has 2 amide bonds. The summed E-state index contributed by atoms with van der Waals surface area (Å²) in [5.41, 5.74) is 1.49. The summed E-state index contributed by atoms with van der Waals surface area (Å²) < 4.78 is 5.47. The number of rotatable bonds is 3. The molecular weight excluding hydrogens is 370 g/mol. The first-order valence-electron chi connectivity index (χ1n) is 7.86. The fourth-order valence-corrected chi connectivity index (χ4v) is 2.84. The molecule has 1 aromatic carbocycles. The minimum absolute atomic E-state index is 0.0156. The number of nitro groups is 1. The van der Waals surface area contributed by atoms with Crippen LogP contribution in [-0.2, 0) is 9.59 Å². The zero-order valence-electron chi connectivity index (χ0n) is 14.8. The number of furan rings is 1. The minimum Gasteiger partial charge on any atom is -0.464 e. The highest BCUT2D eigenvalue weighted by atomic mass is 32.1. The summed E-state index contributed by atoms with van der Waals surface area (Å²) in [5, 5.41) is 11.2. The molecule has 0 atom stereocenters. The molecule has 3 rings (SSSR count). The molecule has 1 aliphatic rings. The summed E-state index contributed by atoms with van der Waals surface area (Å²) in [6, 6.07) is 6.36. The van der Waals surface area contributed by atoms with Gasteiger partial charge in [-0.3, -0.25) is 29.5 Å². The van der Waals surface area contributed by atoms with Crippen LogP contribution in [0.3, 0.4) is 0 Å². The lowest BCUT2D eigenvalue weighted by Gasteiger charge is -2.31. The van der Waals surface area contributed by atoms with Crippen molar-refractivity contribution in [1.82, 2.24) is 9.80 Å². The quantitative estimate of drug-likeness (QED) is 0.265. The molecule has 0 unspecified atom stereocenters. The number of nitro benzene ring substituents is 1. The fraction of sp³-hybridized carbons (Fsp3) is 0.167. The normalized spacial score (nSPS) is 14.8. The Kier molecular flexibility index (Phi) is 4.63. The van der Waals surface area contributed by atoms with E-state index in [1.165, 1.54) is 42.3 Å². The first kappa shape index (κ1) is 18.5. The standard InChI is InChI=1S/C18H15N3O5S/c1-10-4-5-12(8-14(10)21(24)25)15-7-11(9-26-15)6-13-16(22)19(2)18(27)20(3)17(13)23/h4-9H,1-3H3. The van der Waals surface area contributed by atoms with Gasteiger partial charge in [0.15, 0.2) is 5.11 Å². The summed E-state index contributed by atoms with van der Waals surface area (Å²) in [5.74, 6) is -0.619. The van der Waals surface area contributed by atoms with Crippen LogP contribution in [0.4, 0.5) is 5.69 Å². The second kappa shape index (κ2) is 6.76. The molecule has 0 saturated carbocycles. The Balaban J connectivity index is 1.97. The highest BCUT2D eigenvalue weighted by Gasteiger charge is 2.35. The van der Waals surface area contributed by atoms with E-state index < -0.39 is 16.7 Å². The monoisotopic (exact) mass is 385 g/mol. The predicted molar refractivity (Wildman–Crippen MR) is 102 cm³/mol. The van der Waals surface area contributed by atoms with Crippen LogP contribution in [0.15, 0.2) is 40.5 Å². The van der Waals surface area contributed by atoms with Crippen molar-refractivity contribution in [2.45, 2.75) is 6.92 Å². The molecule has 9 heteroatoms. The molecule has 27 heavy (non-hydrogen) atoms. The highest BCUT2D eigenvalue weighted by Crippen LogP contribution is 2.29. The number of nitrogens with zero attached hydrogens (tertiary/aromatic N) is 3. The molecule has 1 fully saturated rings. The van der Waals surface area contributed by atoms with E-state index in [0.29, 0.717) is 22.5 Å². The number of benzene rings is 1. The Morgan fingerprint density at radius 3 is 2.37 bits per heavy atom. The van der Waals surface area contributed by atoms with Crippen molar-refractivity contribution in [2.75, 3.05) is 14.1 Å². The van der Waals surface area contributed by atoms with Gasteiger partial charge in [0.1, 0.15) is 11.3 Å². The molecule has 1 aliphatic heterocycles. The van der Waals surface area contributed by atoms with Crippen LogP contribution in [0, 0.1) is 17.0 Å². The van der Waals surface area contributed by atoms with E-state index in [2.05, 4.69) is 0 Å². The van der Waals surface area contributed by atoms with E-state index in [9.17, 15) is 19.7 Å². The van der Waals surface area contributed by atoms with E-state index in [0.717, 1.165) is 0 Å². The Labute approximate surface area is 159 Å². The summed E-state index contributed by atoms with van der Waals surface area (Å²) in [6.07, 6.45) is 2.79. The van der Waals surface area contributed by atoms with E-state index in [1.807, 2.05) is 0 Å². The van der Waals surface area contributed by atoms with Gasteiger partial charge in [-0.05, 0) is 31.3 Å². The van der Waals surface area contributed by atoms with E-state index in [-0.39, 0.29) is 16.4 Å². The largest absolute Gasteiger partial charge is 0.464 e. The number of hydrogen-bond donors (Lipinski definition) is 0. The zero-order valence-corrected chi connectivity index (χ0v) is 15.6. The highest BCUT2D eigenvalue weighted by molar-refractivity contribution is 7.80. The van der Waals surface area contributed by atoms with Crippen LogP contribution in [0.1, 0.15) is 11.1 Å². The van der Waals surface area contributed by atoms with Crippen molar-refractivity contribution in [3.63, 3.8) is 0 Å². The summed E-state index contributed by atoms with van der Waals surface area (Å²) >= 11 is 5.04. The zero-order chi connectivity index (χ0) is 19.9. The molecule has 0 spiro atoms. The molecule has 0 aliphatic carbocycles. The lowest BCUT2D eigenvalue weighted by atomic mass is 10.1. The topological polar surface area (TPSA) is 96.9 Å². The molecule has 8 nitrogen and oxygen atoms in total. The number of likely N-dealkylation sites (N-methyl/N-ethyl adjacent to an activating group) is 2. The second-order valence-electron chi connectivity index (χ2n) is 6.07. The van der Waals surface area contributed by atoms with Gasteiger partial charge in [-0.25, -0.2) is 0 Å².